The lowest BCUT2D eigenvalue weighted by atomic mass is 10.2. The lowest BCUT2D eigenvalue weighted by Gasteiger charge is -2.28. The van der Waals surface area contributed by atoms with E-state index in [4.69, 9.17) is 0 Å². The summed E-state index contributed by atoms with van der Waals surface area (Å²) in [7, 11) is 4.51. The molecule has 1 rings (SSSR count). The van der Waals surface area contributed by atoms with E-state index in [-0.39, 0.29) is 18.6 Å². The third-order valence-electron chi connectivity index (χ3n) is 2.31. The molecule has 0 spiro atoms. The van der Waals surface area contributed by atoms with Crippen LogP contribution in [0.3, 0.4) is 0 Å². The molecular formula is C11H21ClN2. The van der Waals surface area contributed by atoms with Crippen LogP contribution in [0, 0.1) is 0 Å². The summed E-state index contributed by atoms with van der Waals surface area (Å²) in [5.74, 6) is 0. The van der Waals surface area contributed by atoms with Crippen molar-refractivity contribution in [3.63, 3.8) is 0 Å². The van der Waals surface area contributed by atoms with Crippen LogP contribution in [0.2, 0.25) is 0 Å². The molecule has 1 aromatic rings. The molecule has 82 valence electrons. The minimum absolute atomic E-state index is 0. The third-order valence-corrected chi connectivity index (χ3v) is 2.31. The number of nitrogens with zero attached hydrogens (tertiary/aromatic N) is 1. The van der Waals surface area contributed by atoms with Crippen LogP contribution in [-0.2, 0) is 6.54 Å². The fourth-order valence-electron chi connectivity index (χ4n) is 1.19. The Balaban J connectivity index is 0. The molecule has 0 bridgehead atoms. The van der Waals surface area contributed by atoms with Gasteiger partial charge < -0.3 is 23.0 Å². The topological polar surface area (TPSA) is 35.0 Å². The van der Waals surface area contributed by atoms with Crippen molar-refractivity contribution in [1.82, 2.24) is 6.15 Å². The average molecular weight is 217 g/mol. The summed E-state index contributed by atoms with van der Waals surface area (Å²) in [5.41, 5.74) is 1.42. The lowest BCUT2D eigenvalue weighted by molar-refractivity contribution is -0.901. The molecule has 0 saturated heterocycles. The van der Waals surface area contributed by atoms with Crippen LogP contribution < -0.4 is 18.6 Å². The molecule has 0 aliphatic heterocycles. The van der Waals surface area contributed by atoms with Crippen molar-refractivity contribution >= 4 is 0 Å². The van der Waals surface area contributed by atoms with Gasteiger partial charge in [0.2, 0.25) is 0 Å². The molecule has 3 N–H and O–H groups in total. The minimum Gasteiger partial charge on any atom is -1.00 e. The van der Waals surface area contributed by atoms with E-state index in [0.29, 0.717) is 0 Å². The highest BCUT2D eigenvalue weighted by atomic mass is 35.5. The predicted molar refractivity (Wildman–Crippen MR) is 57.8 cm³/mol. The number of quaternary nitrogens is 1. The number of rotatable bonds is 3. The van der Waals surface area contributed by atoms with Gasteiger partial charge in [0.1, 0.15) is 6.54 Å². The van der Waals surface area contributed by atoms with E-state index in [0.717, 1.165) is 11.0 Å². The summed E-state index contributed by atoms with van der Waals surface area (Å²) in [4.78, 5) is 0. The number of benzene rings is 1. The molecule has 2 nitrogen and oxygen atoms in total. The summed E-state index contributed by atoms with van der Waals surface area (Å²) < 4.78 is 1.06. The number of hydrogen-bond donors (Lipinski definition) is 1. The van der Waals surface area contributed by atoms with Gasteiger partial charge in [0.15, 0.2) is 0 Å². The van der Waals surface area contributed by atoms with Gasteiger partial charge in [0.05, 0.1) is 20.6 Å². The number of halogens is 1. The molecule has 0 amide bonds. The van der Waals surface area contributed by atoms with Crippen molar-refractivity contribution in [1.29, 1.82) is 0 Å². The Labute approximate surface area is 93.5 Å². The fraction of sp³-hybridized carbons (Fsp3) is 0.455. The second-order valence-corrected chi connectivity index (χ2v) is 3.90. The quantitative estimate of drug-likeness (QED) is 0.677. The molecule has 3 heteroatoms. The molecule has 1 aromatic carbocycles. The maximum absolute atomic E-state index is 2.26. The van der Waals surface area contributed by atoms with Crippen molar-refractivity contribution in [3.05, 3.63) is 35.9 Å². The summed E-state index contributed by atoms with van der Waals surface area (Å²) in [6.07, 6.45) is 0. The molecule has 14 heavy (non-hydrogen) atoms. The Hall–Kier alpha value is -0.570. The Morgan fingerprint density at radius 2 is 1.57 bits per heavy atom. The largest absolute Gasteiger partial charge is 1.00 e. The van der Waals surface area contributed by atoms with E-state index >= 15 is 0 Å². The minimum atomic E-state index is 0. The van der Waals surface area contributed by atoms with Gasteiger partial charge in [-0.05, 0) is 6.92 Å². The van der Waals surface area contributed by atoms with Crippen LogP contribution in [0.5, 0.6) is 0 Å². The SMILES string of the molecule is CC[N+](C)(C)Cc1ccccc1.N.[Cl-]. The van der Waals surface area contributed by atoms with Gasteiger partial charge in [-0.3, -0.25) is 0 Å². The molecule has 0 heterocycles. The maximum Gasteiger partial charge on any atom is 0.104 e. The zero-order valence-electron chi connectivity index (χ0n) is 9.33. The van der Waals surface area contributed by atoms with Gasteiger partial charge in [0.25, 0.3) is 0 Å². The summed E-state index contributed by atoms with van der Waals surface area (Å²) in [5, 5.41) is 0. The van der Waals surface area contributed by atoms with Crippen LogP contribution in [0.15, 0.2) is 30.3 Å². The average Bonchev–Trinajstić information content (AvgIpc) is 2.06. The van der Waals surface area contributed by atoms with Gasteiger partial charge in [-0.2, -0.15) is 0 Å². The van der Waals surface area contributed by atoms with Crippen molar-refractivity contribution in [2.75, 3.05) is 20.6 Å². The Kier molecular flexibility index (Phi) is 7.74. The molecule has 0 saturated carbocycles. The Morgan fingerprint density at radius 3 is 2.00 bits per heavy atom. The van der Waals surface area contributed by atoms with Crippen LogP contribution in [0.1, 0.15) is 12.5 Å². The molecule has 0 radical (unpaired) electrons. The highest BCUT2D eigenvalue weighted by Gasteiger charge is 2.11. The fourth-order valence-corrected chi connectivity index (χ4v) is 1.19. The Bertz CT molecular complexity index is 234. The molecule has 0 atom stereocenters. The first-order chi connectivity index (χ1) is 5.64. The van der Waals surface area contributed by atoms with E-state index in [1.165, 1.54) is 12.1 Å². The predicted octanol–water partition coefficient (Wildman–Crippen LogP) is -0.551. The van der Waals surface area contributed by atoms with Crippen LogP contribution >= 0.6 is 0 Å². The van der Waals surface area contributed by atoms with Crippen molar-refractivity contribution < 1.29 is 16.9 Å². The molecule has 0 unspecified atom stereocenters. The first-order valence-corrected chi connectivity index (χ1v) is 4.50. The highest BCUT2D eigenvalue weighted by Crippen LogP contribution is 2.07. The monoisotopic (exact) mass is 216 g/mol. The van der Waals surface area contributed by atoms with Crippen molar-refractivity contribution in [2.24, 2.45) is 0 Å². The van der Waals surface area contributed by atoms with Crippen LogP contribution in [0.25, 0.3) is 0 Å². The molecule has 0 aromatic heterocycles. The van der Waals surface area contributed by atoms with Crippen LogP contribution in [-0.4, -0.2) is 25.1 Å². The zero-order chi connectivity index (χ0) is 9.03. The smallest absolute Gasteiger partial charge is 0.104 e. The molecule has 0 fully saturated rings. The summed E-state index contributed by atoms with van der Waals surface area (Å²) >= 11 is 0. The second kappa shape index (κ2) is 6.82. The van der Waals surface area contributed by atoms with E-state index in [1.807, 2.05) is 0 Å². The van der Waals surface area contributed by atoms with E-state index in [2.05, 4.69) is 51.4 Å². The first kappa shape index (κ1) is 15.9. The first-order valence-electron chi connectivity index (χ1n) is 4.50. The normalized spacial score (nSPS) is 9.93. The zero-order valence-corrected chi connectivity index (χ0v) is 10.1. The molecule has 0 aliphatic carbocycles. The maximum atomic E-state index is 2.26. The van der Waals surface area contributed by atoms with Gasteiger partial charge in [0, 0.05) is 5.56 Å². The second-order valence-electron chi connectivity index (χ2n) is 3.90. The van der Waals surface area contributed by atoms with E-state index < -0.39 is 0 Å². The van der Waals surface area contributed by atoms with Crippen LogP contribution in [0.4, 0.5) is 0 Å². The third kappa shape index (κ3) is 5.22. The number of hydrogen-bond acceptors (Lipinski definition) is 1. The summed E-state index contributed by atoms with van der Waals surface area (Å²) in [6.45, 7) is 4.52. The Morgan fingerprint density at radius 1 is 1.07 bits per heavy atom. The molecular weight excluding hydrogens is 196 g/mol. The highest BCUT2D eigenvalue weighted by molar-refractivity contribution is 5.13. The van der Waals surface area contributed by atoms with Crippen molar-refractivity contribution in [2.45, 2.75) is 13.5 Å². The summed E-state index contributed by atoms with van der Waals surface area (Å²) in [6, 6.07) is 10.6. The van der Waals surface area contributed by atoms with Gasteiger partial charge in [-0.1, -0.05) is 30.3 Å². The van der Waals surface area contributed by atoms with Gasteiger partial charge in [-0.25, -0.2) is 0 Å². The molecule has 0 aliphatic rings. The standard InChI is InChI=1S/C11H18N.ClH.H3N/c1-4-12(2,3)10-11-8-6-5-7-9-11;;/h5-9H,4,10H2,1-3H3;1H;1H3/q+1;;/p-1. The lowest BCUT2D eigenvalue weighted by Crippen LogP contribution is -3.00. The van der Waals surface area contributed by atoms with E-state index in [9.17, 15) is 0 Å². The van der Waals surface area contributed by atoms with Gasteiger partial charge >= 0.3 is 0 Å². The van der Waals surface area contributed by atoms with Crippen molar-refractivity contribution in [3.8, 4) is 0 Å². The van der Waals surface area contributed by atoms with E-state index in [1.54, 1.807) is 0 Å². The van der Waals surface area contributed by atoms with Gasteiger partial charge in [-0.15, -0.1) is 0 Å².